The summed E-state index contributed by atoms with van der Waals surface area (Å²) >= 11 is 6.92. The Morgan fingerprint density at radius 1 is 0.826 bits per heavy atom. The Morgan fingerprint density at radius 2 is 1.50 bits per heavy atom. The van der Waals surface area contributed by atoms with Crippen LogP contribution < -0.4 is 69.0 Å². The standard InChI is InChI=1S/C96H121ClF3N13O21S4/c1-52-20-19-26-75(131-11)95(129)48-74(132-92(128)111-95)53(2)82-94(7,134-82)76(47-78(118)113(9)71-43-59(40-52)44-73(130-10)79(71)97)133-90(126)54(3)112(8)77(117)37-39-135-138-93(5,6)81(83(102)119)110-88(124)70-51-137-136-50-69(106-86(122)67(42-56-21-13-12-14-22-56)108-91(127)103-49-58-27-33-63(34-28-58)96(98,99)100)72(116)46-62(41-57-29-35-64(115)36-30-57)84(120)105-68(45-61-32-31-60-23-15-16-24-65(60)61)87(123)104-66(25-17-18-38-101)85(121)109-80(55(4)114)89(125)107-70/h12-16,19-24,26-30,32-36,43-44,53-55,62,66-70,74-76,80-82,114-115,129H,17-18,25,31,37-42,45-51,101H2,1-11H3,(H2,102,119)(H,104,123)(H,105,120)(H,106,122)(H,107,125)(H,109,121)(H,110,124)(H,111,128)(H2,103,108,127)/b26-19+,52-20+/t53-,54+,55-,62-,66+,67-,68-,69+,70+,74+,75-,76+,80+,81-,82+,94+,95+/m1/s1. The zero-order chi connectivity index (χ0) is 101. The maximum atomic E-state index is 15.6. The van der Waals surface area contributed by atoms with E-state index in [1.54, 1.807) is 94.5 Å². The first kappa shape index (κ1) is 109. The number of likely N-dealkylation sites (N-methyl/N-ethyl adjacent to an activating group) is 1. The number of amides is 12. The first-order valence-electron chi connectivity index (χ1n) is 45.1. The van der Waals surface area contributed by atoms with Crippen molar-refractivity contribution < 1.29 is 115 Å². The van der Waals surface area contributed by atoms with Crippen molar-refractivity contribution in [2.45, 2.75) is 233 Å². The van der Waals surface area contributed by atoms with Crippen LogP contribution in [-0.2, 0) is 110 Å². The highest BCUT2D eigenvalue weighted by molar-refractivity contribution is 8.77. The zero-order valence-electron chi connectivity index (χ0n) is 78.3. The van der Waals surface area contributed by atoms with Gasteiger partial charge in [0, 0.05) is 93.7 Å². The summed E-state index contributed by atoms with van der Waals surface area (Å²) < 4.78 is 69.0. The minimum atomic E-state index is -4.64. The number of epoxide rings is 1. The van der Waals surface area contributed by atoms with Crippen LogP contribution in [0.1, 0.15) is 139 Å². The molecule has 3 saturated heterocycles. The number of hydrogen-bond donors (Lipinski definition) is 14. The Morgan fingerprint density at radius 3 is 2.17 bits per heavy atom. The Bertz CT molecular complexity index is 5320. The van der Waals surface area contributed by atoms with E-state index in [0.717, 1.165) is 76.9 Å². The Kier molecular flexibility index (Phi) is 39.0. The lowest BCUT2D eigenvalue weighted by molar-refractivity contribution is -0.162. The Balaban J connectivity index is 0.895. The highest BCUT2D eigenvalue weighted by Gasteiger charge is 2.65. The van der Waals surface area contributed by atoms with Crippen LogP contribution in [0.3, 0.4) is 0 Å². The number of esters is 1. The highest BCUT2D eigenvalue weighted by atomic mass is 35.5. The quantitative estimate of drug-likeness (QED) is 0.00894. The monoisotopic (exact) mass is 2010 g/mol. The van der Waals surface area contributed by atoms with Crippen LogP contribution in [-0.4, -0.2) is 244 Å². The number of ketones is 1. The number of primary amides is 1. The van der Waals surface area contributed by atoms with Crippen LogP contribution >= 0.6 is 54.8 Å². The summed E-state index contributed by atoms with van der Waals surface area (Å²) in [6.07, 6.45) is -5.55. The highest BCUT2D eigenvalue weighted by Crippen LogP contribution is 2.50. The number of nitrogens with two attached hydrogens (primary N) is 2. The number of nitrogens with one attached hydrogen (secondary N) is 9. The van der Waals surface area contributed by atoms with Gasteiger partial charge in [-0.1, -0.05) is 170 Å². The number of benzene rings is 5. The number of aliphatic hydroxyl groups is 2. The van der Waals surface area contributed by atoms with Crippen LogP contribution in [0, 0.1) is 11.8 Å². The number of anilines is 1. The number of ether oxygens (including phenoxy) is 5. The molecule has 5 aromatic carbocycles. The lowest BCUT2D eigenvalue weighted by atomic mass is 9.83. The maximum Gasteiger partial charge on any atom is 0.416 e. The van der Waals surface area contributed by atoms with Crippen molar-refractivity contribution in [3.05, 3.63) is 189 Å². The summed E-state index contributed by atoms with van der Waals surface area (Å²) in [5.41, 5.74) is 13.1. The molecule has 3 fully saturated rings. The number of unbranched alkanes of at least 4 members (excludes halogenated alkanes) is 1. The number of Topliss-reactive ketones (excluding diaryl/α,β-unsaturated/α-hetero) is 1. The van der Waals surface area contributed by atoms with Gasteiger partial charge in [-0.2, -0.15) is 13.2 Å². The third-order valence-electron chi connectivity index (χ3n) is 24.9. The number of nitrogens with zero attached hydrogens (tertiary/aromatic N) is 2. The Hall–Kier alpha value is -10.9. The summed E-state index contributed by atoms with van der Waals surface area (Å²) in [5.74, 6) is -12.6. The SMILES string of the molecule is COc1cc2cc(c1Cl)N(C)C(=O)C[C@H](OC(=O)[C@H](C)N(C)C(=O)CCSSC(C)(C)[C@H](NC(=O)[C@@H]1CSSC[C@H](NC(=O)[C@@H](Cc3ccccc3)NC(=O)NCc3ccc(C(F)(F)F)cc3)C(=O)C[C@@H](Cc3ccc(O)cc3)C(=O)N[C@H](CC3=CCc4ccccc43)C(=O)N[C@@H](CCCCN)C(=O)N[C@@H]([C@@H](C)O)C(=O)N1)C(N)=O)[C@]1(C)O[C@H]1[C@H](C)[C@@H]1C[C@@](O)(NC(=O)O1)[C@H](OC)/C=C/C=C(\C)C2. The smallest absolute Gasteiger partial charge is 0.416 e. The number of methoxy groups -OCH3 is 2. The molecule has 17 atom stereocenters. The number of phenolic OH excluding ortho intramolecular Hbond substituents is 1. The predicted molar refractivity (Wildman–Crippen MR) is 518 cm³/mol. The lowest BCUT2D eigenvalue weighted by Gasteiger charge is -2.42. The molecule has 4 heterocycles. The number of fused-ring (bicyclic) bond motifs is 6. The van der Waals surface area contributed by atoms with Crippen molar-refractivity contribution in [1.82, 2.24) is 52.8 Å². The molecule has 0 unspecified atom stereocenters. The molecule has 138 heavy (non-hydrogen) atoms. The van der Waals surface area contributed by atoms with Gasteiger partial charge in [0.25, 0.3) is 0 Å². The van der Waals surface area contributed by atoms with Gasteiger partial charge in [-0.15, -0.1) is 0 Å². The van der Waals surface area contributed by atoms with E-state index in [9.17, 15) is 66.8 Å². The van der Waals surface area contributed by atoms with E-state index in [-0.39, 0.29) is 91.6 Å². The molecule has 0 spiro atoms. The third kappa shape index (κ3) is 29.6. The number of allylic oxidation sites excluding steroid dienone is 4. The maximum absolute atomic E-state index is 15.6. The number of carbonyl (C=O) groups excluding carboxylic acids is 13. The molecular formula is C96H121ClF3N13O21S4. The number of carbonyl (C=O) groups is 13. The lowest BCUT2D eigenvalue weighted by Crippen LogP contribution is -2.63. The van der Waals surface area contributed by atoms with Crippen LogP contribution in [0.25, 0.3) is 5.57 Å². The minimum absolute atomic E-state index is 0.00442. The molecule has 1 aliphatic carbocycles. The average Bonchev–Trinajstić information content (AvgIpc) is 1.57. The van der Waals surface area contributed by atoms with Gasteiger partial charge in [0.1, 0.15) is 82.7 Å². The van der Waals surface area contributed by atoms with Crippen LogP contribution in [0.2, 0.25) is 5.02 Å². The summed E-state index contributed by atoms with van der Waals surface area (Å²) in [4.78, 5) is 194. The first-order valence-corrected chi connectivity index (χ1v) is 50.2. The molecule has 0 saturated carbocycles. The molecule has 0 radical (unpaired) electrons. The van der Waals surface area contributed by atoms with E-state index < -0.39 is 220 Å². The number of phenols is 1. The van der Waals surface area contributed by atoms with Gasteiger partial charge in [-0.3, -0.25) is 53.3 Å². The molecule has 42 heteroatoms. The van der Waals surface area contributed by atoms with Crippen molar-refractivity contribution in [3.63, 3.8) is 0 Å². The van der Waals surface area contributed by atoms with Crippen molar-refractivity contribution in [2.75, 3.05) is 57.0 Å². The van der Waals surface area contributed by atoms with Gasteiger partial charge in [-0.25, -0.2) is 14.4 Å². The number of aliphatic hydroxyl groups excluding tert-OH is 1. The van der Waals surface area contributed by atoms with E-state index in [1.165, 1.54) is 83.5 Å². The second-order valence-corrected chi connectivity index (χ2v) is 41.6. The topological polar surface area (TPSA) is 499 Å². The van der Waals surface area contributed by atoms with Crippen LogP contribution in [0.5, 0.6) is 11.5 Å². The van der Waals surface area contributed by atoms with Crippen molar-refractivity contribution in [1.29, 1.82) is 0 Å². The normalized spacial score (nSPS) is 25.3. The van der Waals surface area contributed by atoms with Crippen molar-refractivity contribution in [3.8, 4) is 11.5 Å². The number of alkyl halides is 3. The molecular weight excluding hydrogens is 1890 g/mol. The fourth-order valence-electron chi connectivity index (χ4n) is 16.5. The van der Waals surface area contributed by atoms with Crippen LogP contribution in [0.4, 0.5) is 28.4 Å². The van der Waals surface area contributed by atoms with Crippen molar-refractivity contribution >= 4 is 143 Å². The number of urea groups is 1. The van der Waals surface area contributed by atoms with Gasteiger partial charge in [0.05, 0.1) is 43.0 Å². The number of aromatic hydroxyl groups is 1. The second kappa shape index (κ2) is 49.3. The third-order valence-corrected chi connectivity index (χ3v) is 31.0. The van der Waals surface area contributed by atoms with Gasteiger partial charge in [0.2, 0.25) is 53.2 Å². The molecule has 0 aromatic heterocycles. The Labute approximate surface area is 819 Å². The fourth-order valence-corrected chi connectivity index (χ4v) is 21.8. The molecule has 34 nitrogen and oxygen atoms in total. The summed E-state index contributed by atoms with van der Waals surface area (Å²) in [5, 5.41) is 58.0. The van der Waals surface area contributed by atoms with Crippen molar-refractivity contribution in [2.24, 2.45) is 23.3 Å². The van der Waals surface area contributed by atoms with E-state index in [1.807, 2.05) is 31.2 Å². The van der Waals surface area contributed by atoms with Gasteiger partial charge in [0.15, 0.2) is 11.5 Å². The molecule has 10 rings (SSSR count). The number of hydrogen-bond acceptors (Lipinski definition) is 26. The summed E-state index contributed by atoms with van der Waals surface area (Å²) in [6.45, 7) is 10.8. The van der Waals surface area contributed by atoms with Gasteiger partial charge < -0.3 is 103 Å². The molecule has 12 amide bonds. The largest absolute Gasteiger partial charge is 0.508 e. The van der Waals surface area contributed by atoms with Gasteiger partial charge in [-0.05, 0) is 162 Å². The van der Waals surface area contributed by atoms with Crippen LogP contribution in [0.15, 0.2) is 145 Å². The predicted octanol–water partition coefficient (Wildman–Crippen LogP) is 8.05. The molecule has 748 valence electrons. The molecule has 4 bridgehead atoms. The fraction of sp³-hybridized carbons (Fsp3) is 0.490. The number of rotatable bonds is 30. The molecule has 16 N–H and O–H groups in total. The molecule has 5 aromatic rings. The first-order chi connectivity index (χ1) is 65.3. The zero-order valence-corrected chi connectivity index (χ0v) is 82.4. The number of halogens is 4. The second-order valence-electron chi connectivity index (χ2n) is 35.6. The van der Waals surface area contributed by atoms with E-state index in [0.29, 0.717) is 41.5 Å². The van der Waals surface area contributed by atoms with E-state index in [2.05, 4.69) is 47.9 Å². The summed E-state index contributed by atoms with van der Waals surface area (Å²) in [6, 6.07) is 15.4. The molecule has 5 aliphatic rings. The summed E-state index contributed by atoms with van der Waals surface area (Å²) in [7, 11) is 9.51. The van der Waals surface area contributed by atoms with E-state index >= 15 is 24.0 Å². The van der Waals surface area contributed by atoms with E-state index in [4.69, 9.17) is 46.8 Å². The van der Waals surface area contributed by atoms with Gasteiger partial charge >= 0.3 is 24.3 Å². The average molecular weight is 2010 g/mol. The molecule has 4 aliphatic heterocycles. The minimum Gasteiger partial charge on any atom is -0.508 e. The number of alkyl carbamates (subject to hydrolysis) is 1.